The van der Waals surface area contributed by atoms with E-state index >= 15 is 0 Å². The number of rotatable bonds is 3. The topological polar surface area (TPSA) is 41.6 Å². The van der Waals surface area contributed by atoms with E-state index in [1.165, 1.54) is 4.88 Å². The van der Waals surface area contributed by atoms with E-state index in [2.05, 4.69) is 23.7 Å². The van der Waals surface area contributed by atoms with E-state index in [9.17, 15) is 4.79 Å². The molecule has 0 saturated carbocycles. The van der Waals surface area contributed by atoms with Crippen LogP contribution in [-0.4, -0.2) is 36.6 Å². The Balaban J connectivity index is 1.80. The molecule has 2 aliphatic heterocycles. The van der Waals surface area contributed by atoms with Crippen molar-refractivity contribution in [2.75, 3.05) is 19.8 Å². The Kier molecular flexibility index (Phi) is 3.37. The van der Waals surface area contributed by atoms with E-state index in [1.54, 1.807) is 11.3 Å². The van der Waals surface area contributed by atoms with Gasteiger partial charge in [-0.05, 0) is 24.8 Å². The first-order chi connectivity index (χ1) is 8.77. The fourth-order valence-electron chi connectivity index (χ4n) is 2.82. The summed E-state index contributed by atoms with van der Waals surface area (Å²) in [5.74, 6) is 0.670. The van der Waals surface area contributed by atoms with Gasteiger partial charge in [0.25, 0.3) is 0 Å². The third-order valence-electron chi connectivity index (χ3n) is 3.91. The van der Waals surface area contributed by atoms with Gasteiger partial charge in [-0.15, -0.1) is 11.3 Å². The summed E-state index contributed by atoms with van der Waals surface area (Å²) >= 11 is 1.70. The van der Waals surface area contributed by atoms with E-state index < -0.39 is 0 Å². The van der Waals surface area contributed by atoms with Crippen molar-refractivity contribution < 1.29 is 9.53 Å². The molecule has 1 amide bonds. The van der Waals surface area contributed by atoms with Gasteiger partial charge in [-0.3, -0.25) is 10.1 Å². The smallest absolute Gasteiger partial charge is 0.238 e. The lowest BCUT2D eigenvalue weighted by atomic mass is 9.99. The molecule has 3 heterocycles. The van der Waals surface area contributed by atoms with Crippen LogP contribution in [0.2, 0.25) is 0 Å². The average Bonchev–Trinajstić information content (AvgIpc) is 3.10. The second kappa shape index (κ2) is 4.99. The number of nitrogens with zero attached hydrogens (tertiary/aromatic N) is 1. The minimum Gasteiger partial charge on any atom is -0.381 e. The summed E-state index contributed by atoms with van der Waals surface area (Å²) in [6.45, 7) is 4.20. The van der Waals surface area contributed by atoms with Crippen LogP contribution >= 0.6 is 11.3 Å². The first kappa shape index (κ1) is 12.1. The highest BCUT2D eigenvalue weighted by Gasteiger charge is 2.39. The van der Waals surface area contributed by atoms with Crippen LogP contribution in [0.1, 0.15) is 24.4 Å². The van der Waals surface area contributed by atoms with Crippen molar-refractivity contribution in [1.29, 1.82) is 0 Å². The zero-order chi connectivity index (χ0) is 12.5. The molecule has 0 bridgehead atoms. The summed E-state index contributed by atoms with van der Waals surface area (Å²) in [6.07, 6.45) is 1.11. The molecule has 5 heteroatoms. The van der Waals surface area contributed by atoms with Crippen LogP contribution in [-0.2, 0) is 9.53 Å². The molecule has 98 valence electrons. The van der Waals surface area contributed by atoms with Crippen LogP contribution in [0, 0.1) is 5.92 Å². The van der Waals surface area contributed by atoms with Crippen LogP contribution in [0.25, 0.3) is 0 Å². The summed E-state index contributed by atoms with van der Waals surface area (Å²) in [6, 6.07) is 4.36. The summed E-state index contributed by atoms with van der Waals surface area (Å²) < 4.78 is 5.44. The molecule has 3 rings (SSSR count). The van der Waals surface area contributed by atoms with E-state index in [4.69, 9.17) is 4.74 Å². The minimum absolute atomic E-state index is 0.0492. The number of carbonyl (C=O) groups is 1. The molecule has 2 saturated heterocycles. The van der Waals surface area contributed by atoms with Crippen LogP contribution < -0.4 is 5.32 Å². The second-order valence-electron chi connectivity index (χ2n) is 4.96. The van der Waals surface area contributed by atoms with Gasteiger partial charge in [-0.1, -0.05) is 6.07 Å². The number of nitrogens with one attached hydrogen (secondary N) is 1. The molecule has 1 N–H and O–H groups in total. The zero-order valence-electron chi connectivity index (χ0n) is 10.5. The zero-order valence-corrected chi connectivity index (χ0v) is 11.3. The minimum atomic E-state index is 0.0492. The third-order valence-corrected chi connectivity index (χ3v) is 4.84. The molecule has 0 radical (unpaired) electrons. The highest BCUT2D eigenvalue weighted by molar-refractivity contribution is 7.10. The molecule has 1 aromatic rings. The van der Waals surface area contributed by atoms with Gasteiger partial charge in [0, 0.05) is 23.4 Å². The molecule has 2 aliphatic rings. The van der Waals surface area contributed by atoms with Crippen LogP contribution in [0.4, 0.5) is 0 Å². The molecule has 4 nitrogen and oxygen atoms in total. The predicted octanol–water partition coefficient (Wildman–Crippen LogP) is 1.60. The number of hydrogen-bond donors (Lipinski definition) is 1. The predicted molar refractivity (Wildman–Crippen MR) is 70.3 cm³/mol. The highest BCUT2D eigenvalue weighted by Crippen LogP contribution is 2.32. The van der Waals surface area contributed by atoms with Crippen LogP contribution in [0.3, 0.4) is 0 Å². The van der Waals surface area contributed by atoms with E-state index in [-0.39, 0.29) is 18.1 Å². The Morgan fingerprint density at radius 2 is 2.50 bits per heavy atom. The Hall–Kier alpha value is -0.910. The van der Waals surface area contributed by atoms with Gasteiger partial charge in [-0.25, -0.2) is 0 Å². The Morgan fingerprint density at radius 3 is 3.17 bits per heavy atom. The quantitative estimate of drug-likeness (QED) is 0.903. The first-order valence-electron chi connectivity index (χ1n) is 6.43. The standard InChI is InChI=1S/C13H18N2O2S/c1-9(10-4-5-17-8-10)15-12(16)7-14-13(15)11-3-2-6-18-11/h2-3,6,9-10,13-14H,4-5,7-8H2,1H3. The largest absolute Gasteiger partial charge is 0.381 e. The monoisotopic (exact) mass is 266 g/mol. The van der Waals surface area contributed by atoms with Gasteiger partial charge in [0.2, 0.25) is 5.91 Å². The first-order valence-corrected chi connectivity index (χ1v) is 7.31. The normalized spacial score (nSPS) is 30.1. The molecule has 18 heavy (non-hydrogen) atoms. The molecule has 3 atom stereocenters. The van der Waals surface area contributed by atoms with E-state index in [1.807, 2.05) is 11.0 Å². The number of ether oxygens (including phenoxy) is 1. The summed E-state index contributed by atoms with van der Waals surface area (Å²) in [5, 5.41) is 5.37. The van der Waals surface area contributed by atoms with Gasteiger partial charge in [0.05, 0.1) is 13.2 Å². The maximum absolute atomic E-state index is 12.1. The summed E-state index contributed by atoms with van der Waals surface area (Å²) in [5.41, 5.74) is 0. The maximum Gasteiger partial charge on any atom is 0.238 e. The molecule has 0 spiro atoms. The summed E-state index contributed by atoms with van der Waals surface area (Å²) in [7, 11) is 0. The van der Waals surface area contributed by atoms with E-state index in [0.29, 0.717) is 12.5 Å². The van der Waals surface area contributed by atoms with Crippen LogP contribution in [0.15, 0.2) is 17.5 Å². The fraction of sp³-hybridized carbons (Fsp3) is 0.615. The lowest BCUT2D eigenvalue weighted by Gasteiger charge is -2.33. The molecule has 3 unspecified atom stereocenters. The van der Waals surface area contributed by atoms with Gasteiger partial charge in [0.1, 0.15) is 6.17 Å². The fourth-order valence-corrected chi connectivity index (χ4v) is 3.62. The molecule has 0 aromatic carbocycles. The number of hydrogen-bond acceptors (Lipinski definition) is 4. The van der Waals surface area contributed by atoms with Crippen molar-refractivity contribution in [1.82, 2.24) is 10.2 Å². The van der Waals surface area contributed by atoms with E-state index in [0.717, 1.165) is 19.6 Å². The number of thiophene rings is 1. The van der Waals surface area contributed by atoms with Crippen molar-refractivity contribution >= 4 is 17.2 Å². The van der Waals surface area contributed by atoms with Crippen LogP contribution in [0.5, 0.6) is 0 Å². The molecule has 0 aliphatic carbocycles. The van der Waals surface area contributed by atoms with Crippen molar-refractivity contribution in [3.63, 3.8) is 0 Å². The lowest BCUT2D eigenvalue weighted by Crippen LogP contribution is -2.42. The third kappa shape index (κ3) is 2.06. The molecular formula is C13H18N2O2S. The molecule has 2 fully saturated rings. The van der Waals surface area contributed by atoms with Crippen molar-refractivity contribution in [3.8, 4) is 0 Å². The Bertz CT molecular complexity index is 415. The maximum atomic E-state index is 12.1. The van der Waals surface area contributed by atoms with Gasteiger partial charge in [-0.2, -0.15) is 0 Å². The SMILES string of the molecule is CC(C1CCOC1)N1C(=O)CNC1c1cccs1. The van der Waals surface area contributed by atoms with Crippen molar-refractivity contribution in [2.24, 2.45) is 5.92 Å². The molecular weight excluding hydrogens is 248 g/mol. The van der Waals surface area contributed by atoms with Gasteiger partial charge < -0.3 is 9.64 Å². The second-order valence-corrected chi connectivity index (χ2v) is 5.94. The number of amides is 1. The van der Waals surface area contributed by atoms with Crippen molar-refractivity contribution in [2.45, 2.75) is 25.6 Å². The van der Waals surface area contributed by atoms with Gasteiger partial charge in [0.15, 0.2) is 0 Å². The highest BCUT2D eigenvalue weighted by atomic mass is 32.1. The Labute approximate surface area is 111 Å². The average molecular weight is 266 g/mol. The van der Waals surface area contributed by atoms with Crippen molar-refractivity contribution in [3.05, 3.63) is 22.4 Å². The van der Waals surface area contributed by atoms with Gasteiger partial charge >= 0.3 is 0 Å². The lowest BCUT2D eigenvalue weighted by molar-refractivity contribution is -0.131. The number of carbonyl (C=O) groups excluding carboxylic acids is 1. The Morgan fingerprint density at radius 1 is 1.61 bits per heavy atom. The molecule has 1 aromatic heterocycles. The summed E-state index contributed by atoms with van der Waals surface area (Å²) in [4.78, 5) is 15.3.